The van der Waals surface area contributed by atoms with E-state index >= 15 is 0 Å². The molecule has 2 amide bonds. The number of fused-ring (bicyclic) bond motifs is 2. The van der Waals surface area contributed by atoms with Crippen LogP contribution in [0.2, 0.25) is 0 Å². The average molecular weight is 319 g/mol. The Balaban J connectivity index is 1.89. The predicted molar refractivity (Wildman–Crippen MR) is 86.7 cm³/mol. The quantitative estimate of drug-likeness (QED) is 0.796. The molecule has 0 aromatic rings. The van der Waals surface area contributed by atoms with Gasteiger partial charge in [-0.1, -0.05) is 6.08 Å². The number of hydrogen-bond donors (Lipinski definition) is 1. The van der Waals surface area contributed by atoms with E-state index in [0.717, 1.165) is 30.5 Å². The minimum absolute atomic E-state index is 0.00272. The van der Waals surface area contributed by atoms with Gasteiger partial charge in [-0.15, -0.1) is 11.6 Å². The molecule has 0 saturated heterocycles. The van der Waals surface area contributed by atoms with Crippen molar-refractivity contribution in [3.8, 4) is 0 Å². The highest BCUT2D eigenvalue weighted by molar-refractivity contribution is 6.20. The maximum Gasteiger partial charge on any atom is 0.253 e. The van der Waals surface area contributed by atoms with Gasteiger partial charge in [-0.25, -0.2) is 4.99 Å². The largest absolute Gasteiger partial charge is 0.325 e. The molecule has 0 bridgehead atoms. The number of carbonyl (C=O) groups excluding carboxylic acids is 2. The van der Waals surface area contributed by atoms with Gasteiger partial charge in [-0.05, 0) is 50.8 Å². The summed E-state index contributed by atoms with van der Waals surface area (Å²) in [5.74, 6) is 0.0982. The molecule has 3 aliphatic rings. The number of nitrogens with one attached hydrogen (secondary N) is 1. The van der Waals surface area contributed by atoms with Crippen LogP contribution in [0.25, 0.3) is 0 Å². The zero-order chi connectivity index (χ0) is 15.9. The molecule has 0 fully saturated rings. The zero-order valence-corrected chi connectivity index (χ0v) is 13.5. The van der Waals surface area contributed by atoms with E-state index in [1.807, 2.05) is 12.2 Å². The molecule has 1 atom stereocenters. The molecule has 1 aliphatic heterocycles. The van der Waals surface area contributed by atoms with Crippen molar-refractivity contribution in [3.05, 3.63) is 35.1 Å². The Kier molecular flexibility index (Phi) is 3.81. The van der Waals surface area contributed by atoms with Crippen molar-refractivity contribution in [2.24, 2.45) is 16.3 Å². The fraction of sp³-hybridized carbons (Fsp3) is 0.471. The topological polar surface area (TPSA) is 58.5 Å². The van der Waals surface area contributed by atoms with E-state index < -0.39 is 5.41 Å². The first-order valence-corrected chi connectivity index (χ1v) is 8.08. The Labute approximate surface area is 135 Å². The summed E-state index contributed by atoms with van der Waals surface area (Å²) >= 11 is 5.81. The molecule has 0 aromatic heterocycles. The second kappa shape index (κ2) is 5.51. The van der Waals surface area contributed by atoms with Crippen LogP contribution in [0.15, 0.2) is 40.1 Å². The molecule has 1 unspecified atom stereocenters. The van der Waals surface area contributed by atoms with E-state index in [9.17, 15) is 9.59 Å². The number of rotatable bonds is 2. The standard InChI is InChI=1S/C17H19ClN2O2/c1-17(2,9-18)16(22)19-10-6-7-12-11-4-3-5-13(11)15(21)20-14(12)8-10/h6-8,12H,3-5,9H2,1-2H3,(H,20,21). The van der Waals surface area contributed by atoms with Crippen LogP contribution in [-0.2, 0) is 9.59 Å². The van der Waals surface area contributed by atoms with Crippen LogP contribution in [0.4, 0.5) is 0 Å². The third-order valence-electron chi connectivity index (χ3n) is 4.41. The summed E-state index contributed by atoms with van der Waals surface area (Å²) in [4.78, 5) is 28.4. The zero-order valence-electron chi connectivity index (χ0n) is 12.8. The number of nitrogens with zero attached hydrogens (tertiary/aromatic N) is 1. The van der Waals surface area contributed by atoms with Crippen LogP contribution in [0.3, 0.4) is 0 Å². The summed E-state index contributed by atoms with van der Waals surface area (Å²) < 4.78 is 0. The fourth-order valence-corrected chi connectivity index (χ4v) is 3.10. The molecule has 0 aromatic carbocycles. The molecule has 2 aliphatic carbocycles. The molecular formula is C17H19ClN2O2. The molecule has 22 heavy (non-hydrogen) atoms. The smallest absolute Gasteiger partial charge is 0.253 e. The van der Waals surface area contributed by atoms with Gasteiger partial charge in [0.1, 0.15) is 0 Å². The normalized spacial score (nSPS) is 25.8. The lowest BCUT2D eigenvalue weighted by Crippen LogP contribution is -2.35. The highest BCUT2D eigenvalue weighted by Gasteiger charge is 2.34. The number of carbonyl (C=O) groups is 2. The van der Waals surface area contributed by atoms with Crippen LogP contribution < -0.4 is 5.32 Å². The van der Waals surface area contributed by atoms with E-state index in [0.29, 0.717) is 5.71 Å². The van der Waals surface area contributed by atoms with Crippen molar-refractivity contribution >= 4 is 29.1 Å². The Bertz CT molecular complexity index is 668. The van der Waals surface area contributed by atoms with Crippen LogP contribution in [-0.4, -0.2) is 23.4 Å². The van der Waals surface area contributed by atoms with Crippen LogP contribution in [0, 0.1) is 11.3 Å². The molecule has 4 nitrogen and oxygen atoms in total. The van der Waals surface area contributed by atoms with Gasteiger partial charge in [-0.2, -0.15) is 0 Å². The molecule has 0 spiro atoms. The number of halogens is 1. The minimum Gasteiger partial charge on any atom is -0.325 e. The summed E-state index contributed by atoms with van der Waals surface area (Å²) in [6.07, 6.45) is 8.56. The van der Waals surface area contributed by atoms with E-state index in [1.165, 1.54) is 5.57 Å². The molecule has 1 heterocycles. The van der Waals surface area contributed by atoms with Crippen LogP contribution in [0.5, 0.6) is 0 Å². The summed E-state index contributed by atoms with van der Waals surface area (Å²) in [6, 6.07) is 0. The van der Waals surface area contributed by atoms with Crippen molar-refractivity contribution in [1.29, 1.82) is 0 Å². The lowest BCUT2D eigenvalue weighted by molar-refractivity contribution is -0.124. The molecule has 0 saturated carbocycles. The number of alkyl halides is 1. The molecule has 5 heteroatoms. The Morgan fingerprint density at radius 2 is 2.23 bits per heavy atom. The second-order valence-electron chi connectivity index (χ2n) is 6.61. The Morgan fingerprint density at radius 3 is 2.95 bits per heavy atom. The Hall–Kier alpha value is -1.68. The maximum absolute atomic E-state index is 12.1. The van der Waals surface area contributed by atoms with Crippen molar-refractivity contribution in [3.63, 3.8) is 0 Å². The van der Waals surface area contributed by atoms with Crippen molar-refractivity contribution < 1.29 is 9.59 Å². The summed E-state index contributed by atoms with van der Waals surface area (Å²) in [5, 5.41) is 2.94. The lowest BCUT2D eigenvalue weighted by atomic mass is 9.85. The Morgan fingerprint density at radius 1 is 1.45 bits per heavy atom. The third kappa shape index (κ3) is 2.56. The van der Waals surface area contributed by atoms with Gasteiger partial charge in [0.15, 0.2) is 0 Å². The molecular weight excluding hydrogens is 300 g/mol. The second-order valence-corrected chi connectivity index (χ2v) is 6.87. The van der Waals surface area contributed by atoms with Crippen LogP contribution in [0.1, 0.15) is 33.1 Å². The number of allylic oxidation sites excluding steroid dienone is 3. The van der Waals surface area contributed by atoms with Gasteiger partial charge in [0.2, 0.25) is 0 Å². The summed E-state index contributed by atoms with van der Waals surface area (Å²) in [5.41, 5.74) is 2.86. The summed E-state index contributed by atoms with van der Waals surface area (Å²) in [6.45, 7) is 3.54. The van der Waals surface area contributed by atoms with E-state index in [4.69, 9.17) is 11.6 Å². The van der Waals surface area contributed by atoms with Gasteiger partial charge >= 0.3 is 0 Å². The van der Waals surface area contributed by atoms with Gasteiger partial charge in [-0.3, -0.25) is 9.59 Å². The van der Waals surface area contributed by atoms with Gasteiger partial charge < -0.3 is 5.32 Å². The van der Waals surface area contributed by atoms with Gasteiger partial charge in [0, 0.05) is 23.1 Å². The minimum atomic E-state index is -0.686. The maximum atomic E-state index is 12.1. The summed E-state index contributed by atoms with van der Waals surface area (Å²) in [7, 11) is 0. The van der Waals surface area contributed by atoms with E-state index in [2.05, 4.69) is 10.3 Å². The van der Waals surface area contributed by atoms with E-state index in [-0.39, 0.29) is 23.6 Å². The first-order chi connectivity index (χ1) is 10.4. The van der Waals surface area contributed by atoms with Crippen molar-refractivity contribution in [2.45, 2.75) is 33.1 Å². The predicted octanol–water partition coefficient (Wildman–Crippen LogP) is 2.90. The van der Waals surface area contributed by atoms with Crippen molar-refractivity contribution in [2.75, 3.05) is 5.88 Å². The molecule has 3 rings (SSSR count). The SMILES string of the molecule is CC(C)(CCl)C(=O)N=C1C=CC2C(=C1)NC(=O)C1=C2CCC1. The number of aliphatic imine (C=N–C) groups is 1. The highest BCUT2D eigenvalue weighted by atomic mass is 35.5. The highest BCUT2D eigenvalue weighted by Crippen LogP contribution is 2.39. The lowest BCUT2D eigenvalue weighted by Gasteiger charge is -2.28. The molecule has 1 N–H and O–H groups in total. The average Bonchev–Trinajstić information content (AvgIpc) is 2.97. The van der Waals surface area contributed by atoms with Crippen LogP contribution >= 0.6 is 11.6 Å². The first kappa shape index (κ1) is 15.2. The number of hydrogen-bond acceptors (Lipinski definition) is 2. The van der Waals surface area contributed by atoms with Gasteiger partial charge in [0.05, 0.1) is 11.1 Å². The monoisotopic (exact) mass is 318 g/mol. The first-order valence-electron chi connectivity index (χ1n) is 7.54. The van der Waals surface area contributed by atoms with Gasteiger partial charge in [0.25, 0.3) is 11.8 Å². The van der Waals surface area contributed by atoms with E-state index in [1.54, 1.807) is 19.9 Å². The number of amides is 2. The van der Waals surface area contributed by atoms with Crippen molar-refractivity contribution in [1.82, 2.24) is 5.32 Å². The fourth-order valence-electron chi connectivity index (χ4n) is 2.98. The third-order valence-corrected chi connectivity index (χ3v) is 5.08. The molecule has 116 valence electrons. The molecule has 0 radical (unpaired) electrons.